The van der Waals surface area contributed by atoms with Gasteiger partial charge in [0.1, 0.15) is 0 Å². The summed E-state index contributed by atoms with van der Waals surface area (Å²) in [7, 11) is 0. The number of ether oxygens (including phenoxy) is 2. The average Bonchev–Trinajstić information content (AvgIpc) is 2.08. The first kappa shape index (κ1) is 9.77. The monoisotopic (exact) mass is 187 g/mol. The zero-order valence-corrected chi connectivity index (χ0v) is 7.09. The van der Waals surface area contributed by atoms with Crippen LogP contribution in [0.15, 0.2) is 18.2 Å². The molecule has 0 fully saturated rings. The van der Waals surface area contributed by atoms with Crippen molar-refractivity contribution in [2.24, 2.45) is 0 Å². The van der Waals surface area contributed by atoms with E-state index in [0.29, 0.717) is 6.61 Å². The summed E-state index contributed by atoms with van der Waals surface area (Å²) in [4.78, 5) is 0. The number of rotatable bonds is 4. The summed E-state index contributed by atoms with van der Waals surface area (Å²) in [5.41, 5.74) is 0. The van der Waals surface area contributed by atoms with Crippen LogP contribution in [-0.4, -0.2) is 13.2 Å². The third-order valence-corrected chi connectivity index (χ3v) is 1.30. The second kappa shape index (κ2) is 4.64. The first-order valence-electron chi connectivity index (χ1n) is 3.81. The fourth-order valence-corrected chi connectivity index (χ4v) is 0.862. The van der Waals surface area contributed by atoms with Crippen LogP contribution in [0.3, 0.4) is 0 Å². The van der Waals surface area contributed by atoms with E-state index in [1.165, 1.54) is 18.2 Å². The lowest BCUT2D eigenvalue weighted by Gasteiger charge is -2.09. The Morgan fingerprint density at radius 3 is 2.85 bits per heavy atom. The predicted molar refractivity (Wildman–Crippen MR) is 43.1 cm³/mol. The highest BCUT2D eigenvalue weighted by Crippen LogP contribution is 2.27. The van der Waals surface area contributed by atoms with Gasteiger partial charge in [-0.3, -0.25) is 0 Å². The molecule has 0 saturated carbocycles. The maximum Gasteiger partial charge on any atom is 0.387 e. The van der Waals surface area contributed by atoms with Crippen molar-refractivity contribution in [1.82, 2.24) is 0 Å². The van der Waals surface area contributed by atoms with Crippen molar-refractivity contribution in [3.8, 4) is 11.5 Å². The van der Waals surface area contributed by atoms with Gasteiger partial charge in [0.25, 0.3) is 0 Å². The minimum atomic E-state index is -2.83. The van der Waals surface area contributed by atoms with Crippen LogP contribution >= 0.6 is 0 Å². The van der Waals surface area contributed by atoms with Crippen LogP contribution < -0.4 is 9.47 Å². The van der Waals surface area contributed by atoms with Gasteiger partial charge in [0.05, 0.1) is 6.61 Å². The number of alkyl halides is 2. The maximum atomic E-state index is 11.9. The molecule has 4 heteroatoms. The minimum Gasteiger partial charge on any atom is -0.490 e. The van der Waals surface area contributed by atoms with E-state index in [1.807, 2.05) is 0 Å². The van der Waals surface area contributed by atoms with Crippen LogP contribution in [0, 0.1) is 6.07 Å². The summed E-state index contributed by atoms with van der Waals surface area (Å²) >= 11 is 0. The van der Waals surface area contributed by atoms with Gasteiger partial charge in [0.15, 0.2) is 11.5 Å². The van der Waals surface area contributed by atoms with E-state index >= 15 is 0 Å². The van der Waals surface area contributed by atoms with Gasteiger partial charge in [-0.2, -0.15) is 8.78 Å². The van der Waals surface area contributed by atoms with Gasteiger partial charge in [0.2, 0.25) is 0 Å². The van der Waals surface area contributed by atoms with E-state index in [9.17, 15) is 8.78 Å². The van der Waals surface area contributed by atoms with E-state index < -0.39 is 6.61 Å². The Morgan fingerprint density at radius 2 is 2.23 bits per heavy atom. The second-order valence-corrected chi connectivity index (χ2v) is 2.18. The normalized spacial score (nSPS) is 10.2. The van der Waals surface area contributed by atoms with Crippen LogP contribution in [0.2, 0.25) is 0 Å². The van der Waals surface area contributed by atoms with Gasteiger partial charge in [0, 0.05) is 0 Å². The Balaban J connectivity index is 2.78. The summed E-state index contributed by atoms with van der Waals surface area (Å²) < 4.78 is 33.0. The Morgan fingerprint density at radius 1 is 1.46 bits per heavy atom. The van der Waals surface area contributed by atoms with Crippen molar-refractivity contribution in [2.45, 2.75) is 13.5 Å². The molecule has 0 aliphatic carbocycles. The van der Waals surface area contributed by atoms with E-state index in [4.69, 9.17) is 4.74 Å². The molecule has 1 aromatic rings. The van der Waals surface area contributed by atoms with Gasteiger partial charge < -0.3 is 9.47 Å². The first-order valence-corrected chi connectivity index (χ1v) is 3.81. The third-order valence-electron chi connectivity index (χ3n) is 1.30. The molecule has 0 aliphatic rings. The van der Waals surface area contributed by atoms with Crippen molar-refractivity contribution in [3.05, 3.63) is 24.3 Å². The van der Waals surface area contributed by atoms with Crippen LogP contribution in [0.1, 0.15) is 6.92 Å². The van der Waals surface area contributed by atoms with Gasteiger partial charge in [-0.05, 0) is 25.1 Å². The highest BCUT2D eigenvalue weighted by Gasteiger charge is 2.08. The molecule has 0 unspecified atom stereocenters. The molecule has 1 rings (SSSR count). The second-order valence-electron chi connectivity index (χ2n) is 2.18. The number of halogens is 2. The van der Waals surface area contributed by atoms with E-state index in [-0.39, 0.29) is 11.5 Å². The molecule has 0 amide bonds. The highest BCUT2D eigenvalue weighted by atomic mass is 19.3. The zero-order chi connectivity index (χ0) is 9.68. The highest BCUT2D eigenvalue weighted by molar-refractivity contribution is 5.38. The van der Waals surface area contributed by atoms with E-state index in [0.717, 1.165) is 0 Å². The fraction of sp³-hybridized carbons (Fsp3) is 0.333. The predicted octanol–water partition coefficient (Wildman–Crippen LogP) is 2.49. The largest absolute Gasteiger partial charge is 0.490 e. The van der Waals surface area contributed by atoms with Crippen molar-refractivity contribution >= 4 is 0 Å². The van der Waals surface area contributed by atoms with Gasteiger partial charge >= 0.3 is 6.61 Å². The molecule has 0 saturated heterocycles. The van der Waals surface area contributed by atoms with Crippen molar-refractivity contribution in [2.75, 3.05) is 6.61 Å². The van der Waals surface area contributed by atoms with Gasteiger partial charge in [-0.25, -0.2) is 0 Å². The zero-order valence-electron chi connectivity index (χ0n) is 7.09. The maximum absolute atomic E-state index is 11.9. The molecular weight excluding hydrogens is 178 g/mol. The molecule has 0 aliphatic heterocycles. The summed E-state index contributed by atoms with van der Waals surface area (Å²) in [6, 6.07) is 7.04. The Kier molecular flexibility index (Phi) is 3.49. The fourth-order valence-electron chi connectivity index (χ4n) is 0.862. The standard InChI is InChI=1S/C9H9F2O2/c1-2-12-7-5-3-4-6-8(7)13-9(10)11/h4-6,9H,2H2,1H3. The lowest BCUT2D eigenvalue weighted by molar-refractivity contribution is -0.0514. The lowest BCUT2D eigenvalue weighted by atomic mass is 10.3. The number of benzene rings is 1. The van der Waals surface area contributed by atoms with Gasteiger partial charge in [-0.15, -0.1) is 0 Å². The lowest BCUT2D eigenvalue weighted by Crippen LogP contribution is -2.04. The van der Waals surface area contributed by atoms with Crippen molar-refractivity contribution in [3.63, 3.8) is 0 Å². The molecule has 71 valence electrons. The minimum absolute atomic E-state index is 0.0376. The summed E-state index contributed by atoms with van der Waals surface area (Å²) in [5, 5.41) is 0. The smallest absolute Gasteiger partial charge is 0.387 e. The van der Waals surface area contributed by atoms with E-state index in [1.54, 1.807) is 6.92 Å². The topological polar surface area (TPSA) is 18.5 Å². The molecule has 13 heavy (non-hydrogen) atoms. The van der Waals surface area contributed by atoms with Crippen molar-refractivity contribution < 1.29 is 18.3 Å². The van der Waals surface area contributed by atoms with Crippen LogP contribution in [-0.2, 0) is 0 Å². The molecule has 0 N–H and O–H groups in total. The molecule has 1 aromatic carbocycles. The Bertz CT molecular complexity index is 264. The summed E-state index contributed by atoms with van der Waals surface area (Å²) in [5.74, 6) is 0.320. The number of hydrogen-bond donors (Lipinski definition) is 0. The number of hydrogen-bond acceptors (Lipinski definition) is 2. The summed E-state index contributed by atoms with van der Waals surface area (Å²) in [6.45, 7) is -0.669. The molecule has 1 radical (unpaired) electrons. The van der Waals surface area contributed by atoms with Gasteiger partial charge in [-0.1, -0.05) is 6.07 Å². The van der Waals surface area contributed by atoms with Crippen LogP contribution in [0.25, 0.3) is 0 Å². The molecule has 0 spiro atoms. The SMILES string of the molecule is CCOc1c[c]ccc1OC(F)F. The molecule has 0 bridgehead atoms. The first-order chi connectivity index (χ1) is 6.24. The molecule has 2 nitrogen and oxygen atoms in total. The Labute approximate surface area is 75.1 Å². The Hall–Kier alpha value is -1.32. The quantitative estimate of drug-likeness (QED) is 0.720. The third kappa shape index (κ3) is 2.89. The van der Waals surface area contributed by atoms with Crippen LogP contribution in [0.5, 0.6) is 11.5 Å². The molecule has 0 atom stereocenters. The average molecular weight is 187 g/mol. The van der Waals surface area contributed by atoms with E-state index in [2.05, 4.69) is 10.8 Å². The van der Waals surface area contributed by atoms with Crippen molar-refractivity contribution in [1.29, 1.82) is 0 Å². The molecule has 0 heterocycles. The molecule has 0 aromatic heterocycles. The molecular formula is C9H9F2O2. The summed E-state index contributed by atoms with van der Waals surface area (Å²) in [6.07, 6.45) is 0. The van der Waals surface area contributed by atoms with Crippen LogP contribution in [0.4, 0.5) is 8.78 Å².